The number of fused-ring (bicyclic) bond motifs is 2. The minimum absolute atomic E-state index is 0.195. The van der Waals surface area contributed by atoms with Crippen LogP contribution in [-0.2, 0) is 4.79 Å². The van der Waals surface area contributed by atoms with E-state index in [0.717, 1.165) is 16.8 Å². The molecule has 0 spiro atoms. The van der Waals surface area contributed by atoms with E-state index in [1.807, 2.05) is 30.3 Å². The molecule has 2 aliphatic rings. The molecule has 1 N–H and O–H groups in total. The van der Waals surface area contributed by atoms with E-state index in [4.69, 9.17) is 21.1 Å². The van der Waals surface area contributed by atoms with Crippen molar-refractivity contribution in [2.24, 2.45) is 0 Å². The number of halogens is 1. The molecule has 0 fully saturated rings. The van der Waals surface area contributed by atoms with Gasteiger partial charge in [0.05, 0.1) is 10.6 Å². The van der Waals surface area contributed by atoms with Gasteiger partial charge in [-0.2, -0.15) is 0 Å². The van der Waals surface area contributed by atoms with Gasteiger partial charge >= 0.3 is 0 Å². The number of hydrogen-bond donors (Lipinski definition) is 1. The zero-order chi connectivity index (χ0) is 14.4. The number of carbonyl (C=O) groups is 1. The van der Waals surface area contributed by atoms with Crippen molar-refractivity contribution < 1.29 is 14.3 Å². The van der Waals surface area contributed by atoms with E-state index in [1.54, 1.807) is 12.1 Å². The van der Waals surface area contributed by atoms with Crippen LogP contribution in [0.1, 0.15) is 11.1 Å². The Labute approximate surface area is 125 Å². The summed E-state index contributed by atoms with van der Waals surface area (Å²) in [6.07, 6.45) is 0. The third-order valence-corrected chi connectivity index (χ3v) is 3.92. The molecule has 4 nitrogen and oxygen atoms in total. The van der Waals surface area contributed by atoms with Crippen LogP contribution in [0.15, 0.2) is 42.5 Å². The number of anilines is 1. The second-order valence-corrected chi connectivity index (χ2v) is 5.13. The molecule has 0 unspecified atom stereocenters. The summed E-state index contributed by atoms with van der Waals surface area (Å²) < 4.78 is 10.6. The first-order valence-electron chi connectivity index (χ1n) is 6.44. The monoisotopic (exact) mass is 299 g/mol. The van der Waals surface area contributed by atoms with Gasteiger partial charge in [-0.15, -0.1) is 0 Å². The van der Waals surface area contributed by atoms with Crippen LogP contribution in [0.3, 0.4) is 0 Å². The van der Waals surface area contributed by atoms with Crippen molar-refractivity contribution in [2.45, 2.75) is 0 Å². The van der Waals surface area contributed by atoms with Gasteiger partial charge in [-0.3, -0.25) is 4.79 Å². The van der Waals surface area contributed by atoms with Gasteiger partial charge in [0.15, 0.2) is 11.5 Å². The molecule has 5 heteroatoms. The maximum absolute atomic E-state index is 12.2. The number of hydrogen-bond acceptors (Lipinski definition) is 3. The minimum Gasteiger partial charge on any atom is -0.454 e. The smallest absolute Gasteiger partial charge is 0.257 e. The largest absolute Gasteiger partial charge is 0.454 e. The van der Waals surface area contributed by atoms with E-state index in [0.29, 0.717) is 22.1 Å². The first kappa shape index (κ1) is 12.3. The molecule has 0 aromatic heterocycles. The molecule has 0 radical (unpaired) electrons. The third kappa shape index (κ3) is 1.87. The summed E-state index contributed by atoms with van der Waals surface area (Å²) in [7, 11) is 0. The average Bonchev–Trinajstić information content (AvgIpc) is 3.08. The zero-order valence-corrected chi connectivity index (χ0v) is 11.6. The van der Waals surface area contributed by atoms with Gasteiger partial charge < -0.3 is 14.8 Å². The van der Waals surface area contributed by atoms with Gasteiger partial charge in [-0.1, -0.05) is 29.8 Å². The molecule has 2 aromatic carbocycles. The Bertz CT molecular complexity index is 798. The van der Waals surface area contributed by atoms with E-state index in [2.05, 4.69) is 5.32 Å². The van der Waals surface area contributed by atoms with Crippen molar-refractivity contribution in [3.8, 4) is 11.5 Å². The molecule has 0 aliphatic carbocycles. The number of carbonyl (C=O) groups excluding carboxylic acids is 1. The van der Waals surface area contributed by atoms with Crippen LogP contribution in [0.2, 0.25) is 0 Å². The Morgan fingerprint density at radius 3 is 2.81 bits per heavy atom. The number of nitrogens with one attached hydrogen (secondary N) is 1. The van der Waals surface area contributed by atoms with Crippen molar-refractivity contribution in [1.82, 2.24) is 0 Å². The number of para-hydroxylation sites is 1. The van der Waals surface area contributed by atoms with Gasteiger partial charge in [0.25, 0.3) is 5.91 Å². The highest BCUT2D eigenvalue weighted by molar-refractivity contribution is 6.59. The maximum Gasteiger partial charge on any atom is 0.257 e. The quantitative estimate of drug-likeness (QED) is 0.820. The predicted octanol–water partition coefficient (Wildman–Crippen LogP) is 3.47. The first-order chi connectivity index (χ1) is 10.2. The molecular weight excluding hydrogens is 290 g/mol. The average molecular weight is 300 g/mol. The van der Waals surface area contributed by atoms with Crippen molar-refractivity contribution in [3.05, 3.63) is 53.6 Å². The lowest BCUT2D eigenvalue weighted by atomic mass is 10.0. The lowest BCUT2D eigenvalue weighted by Gasteiger charge is -2.05. The van der Waals surface area contributed by atoms with E-state index >= 15 is 0 Å². The molecular formula is C16H10ClNO3. The zero-order valence-electron chi connectivity index (χ0n) is 10.9. The molecule has 2 aromatic rings. The number of rotatable bonds is 1. The molecule has 1 amide bonds. The maximum atomic E-state index is 12.2. The molecule has 2 heterocycles. The molecule has 0 saturated heterocycles. The summed E-state index contributed by atoms with van der Waals surface area (Å²) in [4.78, 5) is 12.2. The summed E-state index contributed by atoms with van der Waals surface area (Å²) in [6, 6.07) is 12.9. The Kier molecular flexibility index (Phi) is 2.65. The lowest BCUT2D eigenvalue weighted by Crippen LogP contribution is -2.04. The van der Waals surface area contributed by atoms with E-state index in [9.17, 15) is 4.79 Å². The van der Waals surface area contributed by atoms with Crippen molar-refractivity contribution in [2.75, 3.05) is 12.1 Å². The third-order valence-electron chi connectivity index (χ3n) is 3.52. The summed E-state index contributed by atoms with van der Waals surface area (Å²) >= 11 is 6.46. The topological polar surface area (TPSA) is 47.6 Å². The van der Waals surface area contributed by atoms with Crippen molar-refractivity contribution in [1.29, 1.82) is 0 Å². The van der Waals surface area contributed by atoms with Gasteiger partial charge in [0.1, 0.15) is 0 Å². The fourth-order valence-corrected chi connectivity index (χ4v) is 2.82. The van der Waals surface area contributed by atoms with Gasteiger partial charge in [-0.05, 0) is 29.8 Å². The highest BCUT2D eigenvalue weighted by Gasteiger charge is 2.27. The first-order valence-corrected chi connectivity index (χ1v) is 6.82. The molecule has 21 heavy (non-hydrogen) atoms. The van der Waals surface area contributed by atoms with Crippen LogP contribution in [0.5, 0.6) is 11.5 Å². The van der Waals surface area contributed by atoms with Crippen molar-refractivity contribution in [3.63, 3.8) is 0 Å². The van der Waals surface area contributed by atoms with Crippen LogP contribution in [-0.4, -0.2) is 12.7 Å². The van der Waals surface area contributed by atoms with E-state index in [-0.39, 0.29) is 12.7 Å². The van der Waals surface area contributed by atoms with E-state index in [1.165, 1.54) is 0 Å². The number of benzene rings is 2. The van der Waals surface area contributed by atoms with E-state index < -0.39 is 0 Å². The second-order valence-electron chi connectivity index (χ2n) is 4.76. The molecule has 0 bridgehead atoms. The summed E-state index contributed by atoms with van der Waals surface area (Å²) in [5, 5.41) is 3.21. The number of ether oxygens (including phenoxy) is 2. The summed E-state index contributed by atoms with van der Waals surface area (Å²) in [5.41, 5.74) is 2.79. The van der Waals surface area contributed by atoms with Crippen LogP contribution in [0.25, 0.3) is 10.6 Å². The molecule has 0 saturated carbocycles. The molecule has 104 valence electrons. The van der Waals surface area contributed by atoms with Gasteiger partial charge in [0, 0.05) is 11.3 Å². The second kappa shape index (κ2) is 4.53. The Hall–Kier alpha value is -2.46. The molecule has 0 atom stereocenters. The van der Waals surface area contributed by atoms with Crippen molar-refractivity contribution >= 4 is 33.8 Å². The SMILES string of the molecule is O=C1Nc2ccccc2/C1=C(\Cl)c1ccc2c(c1)OCO2. The Morgan fingerprint density at radius 1 is 1.10 bits per heavy atom. The molecule has 2 aliphatic heterocycles. The lowest BCUT2D eigenvalue weighted by molar-refractivity contribution is -0.110. The number of amides is 1. The normalized spacial score (nSPS) is 17.5. The minimum atomic E-state index is -0.195. The van der Waals surface area contributed by atoms with Gasteiger partial charge in [-0.25, -0.2) is 0 Å². The van der Waals surface area contributed by atoms with Gasteiger partial charge in [0.2, 0.25) is 6.79 Å². The fraction of sp³-hybridized carbons (Fsp3) is 0.0625. The van der Waals surface area contributed by atoms with Crippen LogP contribution in [0, 0.1) is 0 Å². The van der Waals surface area contributed by atoms with Crippen LogP contribution in [0.4, 0.5) is 5.69 Å². The standard InChI is InChI=1S/C16H10ClNO3/c17-15(9-5-6-12-13(7-9)21-8-20-12)14-10-3-1-2-4-11(10)18-16(14)19/h1-7H,8H2,(H,18,19)/b15-14+. The van der Waals surface area contributed by atoms with Crippen LogP contribution < -0.4 is 14.8 Å². The highest BCUT2D eigenvalue weighted by Crippen LogP contribution is 2.41. The summed E-state index contributed by atoms with van der Waals surface area (Å²) in [5.74, 6) is 1.13. The fourth-order valence-electron chi connectivity index (χ4n) is 2.51. The summed E-state index contributed by atoms with van der Waals surface area (Å²) in [6.45, 7) is 0.205. The highest BCUT2D eigenvalue weighted by atomic mass is 35.5. The Morgan fingerprint density at radius 2 is 1.90 bits per heavy atom. The predicted molar refractivity (Wildman–Crippen MR) is 80.3 cm³/mol. The molecule has 4 rings (SSSR count). The van der Waals surface area contributed by atoms with Crippen LogP contribution >= 0.6 is 11.6 Å². The Balaban J connectivity index is 1.87.